The van der Waals surface area contributed by atoms with Crippen molar-refractivity contribution in [2.45, 2.75) is 76.9 Å². The average Bonchev–Trinajstić information content (AvgIpc) is 3.67. The van der Waals surface area contributed by atoms with Crippen LogP contribution >= 0.6 is 0 Å². The van der Waals surface area contributed by atoms with Crippen LogP contribution in [0, 0.1) is 11.3 Å². The van der Waals surface area contributed by atoms with Crippen LogP contribution in [0.5, 0.6) is 0 Å². The van der Waals surface area contributed by atoms with E-state index in [1.54, 1.807) is 19.2 Å². The van der Waals surface area contributed by atoms with Gasteiger partial charge in [0.05, 0.1) is 5.52 Å². The van der Waals surface area contributed by atoms with Gasteiger partial charge in [-0.2, -0.15) is 10.2 Å². The molecule has 3 atom stereocenters. The maximum atomic E-state index is 12.8. The lowest BCUT2D eigenvalue weighted by Gasteiger charge is -2.49. The number of benzene rings is 1. The first-order chi connectivity index (χ1) is 17.3. The van der Waals surface area contributed by atoms with Gasteiger partial charge in [-0.15, -0.1) is 0 Å². The summed E-state index contributed by atoms with van der Waals surface area (Å²) in [5.74, 6) is 0.602. The van der Waals surface area contributed by atoms with Crippen LogP contribution in [-0.2, 0) is 12.5 Å². The highest BCUT2D eigenvalue weighted by Crippen LogP contribution is 2.47. The molecule has 1 unspecified atom stereocenters. The summed E-state index contributed by atoms with van der Waals surface area (Å²) in [6, 6.07) is 15.7. The van der Waals surface area contributed by atoms with E-state index in [0.717, 1.165) is 25.9 Å². The fraction of sp³-hybridized carbons (Fsp3) is 0.517. The van der Waals surface area contributed by atoms with Gasteiger partial charge in [0, 0.05) is 38.3 Å². The minimum absolute atomic E-state index is 0.190. The molecule has 7 heteroatoms. The first-order valence-corrected chi connectivity index (χ1v) is 13.2. The van der Waals surface area contributed by atoms with Crippen LogP contribution in [0.15, 0.2) is 41.2 Å². The van der Waals surface area contributed by atoms with Gasteiger partial charge in [-0.1, -0.05) is 45.0 Å². The normalized spacial score (nSPS) is 22.4. The van der Waals surface area contributed by atoms with Gasteiger partial charge in [0.1, 0.15) is 17.3 Å². The molecule has 0 spiro atoms. The molecule has 36 heavy (non-hydrogen) atoms. The van der Waals surface area contributed by atoms with Crippen molar-refractivity contribution in [1.29, 1.82) is 5.26 Å². The molecule has 3 aromatic rings. The molecule has 1 aromatic carbocycles. The van der Waals surface area contributed by atoms with E-state index in [-0.39, 0.29) is 11.7 Å². The van der Waals surface area contributed by atoms with Crippen molar-refractivity contribution in [3.8, 4) is 6.07 Å². The summed E-state index contributed by atoms with van der Waals surface area (Å²) in [5.41, 5.74) is 4.54. The molecule has 2 aliphatic rings. The molecule has 3 heterocycles. The van der Waals surface area contributed by atoms with Gasteiger partial charge >= 0.3 is 5.69 Å². The maximum Gasteiger partial charge on any atom is 0.349 e. The third-order valence-electron chi connectivity index (χ3n) is 8.59. The van der Waals surface area contributed by atoms with E-state index in [9.17, 15) is 10.1 Å². The minimum Gasteiger partial charge on any atom is -0.349 e. The predicted molar refractivity (Wildman–Crippen MR) is 143 cm³/mol. The predicted octanol–water partition coefficient (Wildman–Crippen LogP) is 4.69. The fourth-order valence-electron chi connectivity index (χ4n) is 5.72. The molecule has 5 rings (SSSR count). The fourth-order valence-corrected chi connectivity index (χ4v) is 5.72. The number of nitrogens with zero attached hydrogens (tertiary/aromatic N) is 6. The molecule has 0 bridgehead atoms. The lowest BCUT2D eigenvalue weighted by atomic mass is 9.93. The van der Waals surface area contributed by atoms with Gasteiger partial charge in [-0.05, 0) is 61.3 Å². The lowest BCUT2D eigenvalue weighted by Crippen LogP contribution is -2.59. The number of aryl methyl sites for hydroxylation is 1. The number of hydrogen-bond donors (Lipinski definition) is 0. The molecule has 1 aliphatic heterocycles. The average molecular weight is 485 g/mol. The Morgan fingerprint density at radius 1 is 1.06 bits per heavy atom. The molecule has 1 saturated heterocycles. The third-order valence-corrected chi connectivity index (χ3v) is 8.59. The molecule has 0 amide bonds. The highest BCUT2D eigenvalue weighted by atomic mass is 16.1. The standard InChI is InChI=1S/C29H36N6O/c1-6-23-18-35(27-26-25(33(5)28(36)32-27)13-12-22(16-30)31-26)24(7-2)17-34(23)19(3)20-8-10-21(11-9-20)29(4)14-15-29/h8-13,19,23-24H,6-7,14-15,17-18H2,1-5H3/t19?,23-,24+/m1/s1. The Morgan fingerprint density at radius 2 is 1.75 bits per heavy atom. The summed E-state index contributed by atoms with van der Waals surface area (Å²) in [6.07, 6.45) is 4.49. The lowest BCUT2D eigenvalue weighted by molar-refractivity contribution is 0.101. The second-order valence-corrected chi connectivity index (χ2v) is 10.8. The summed E-state index contributed by atoms with van der Waals surface area (Å²) < 4.78 is 1.51. The number of piperazine rings is 1. The van der Waals surface area contributed by atoms with Crippen molar-refractivity contribution < 1.29 is 0 Å². The second kappa shape index (κ2) is 9.33. The molecule has 0 N–H and O–H groups in total. The molecule has 0 radical (unpaired) electrons. The second-order valence-electron chi connectivity index (χ2n) is 10.8. The largest absolute Gasteiger partial charge is 0.349 e. The summed E-state index contributed by atoms with van der Waals surface area (Å²) >= 11 is 0. The van der Waals surface area contributed by atoms with Crippen molar-refractivity contribution in [2.24, 2.45) is 7.05 Å². The molecule has 2 fully saturated rings. The van der Waals surface area contributed by atoms with Gasteiger partial charge in [-0.3, -0.25) is 9.47 Å². The SMILES string of the molecule is CC[C@H]1CN(C(C)c2ccc(C3(C)CC3)cc2)[C@H](CC)CN1c1nc(=O)n(C)c2ccc(C#N)nc12. The van der Waals surface area contributed by atoms with E-state index in [0.29, 0.717) is 40.0 Å². The number of fused-ring (bicyclic) bond motifs is 1. The van der Waals surface area contributed by atoms with E-state index < -0.39 is 0 Å². The highest BCUT2D eigenvalue weighted by Gasteiger charge is 2.39. The number of hydrogen-bond acceptors (Lipinski definition) is 6. The zero-order valence-electron chi connectivity index (χ0n) is 22.0. The van der Waals surface area contributed by atoms with E-state index in [4.69, 9.17) is 0 Å². The molecule has 188 valence electrons. The van der Waals surface area contributed by atoms with Gasteiger partial charge < -0.3 is 4.90 Å². The molecular formula is C29H36N6O. The number of nitriles is 1. The first kappa shape index (κ1) is 24.5. The van der Waals surface area contributed by atoms with Gasteiger partial charge in [0.25, 0.3) is 0 Å². The molecule has 7 nitrogen and oxygen atoms in total. The van der Waals surface area contributed by atoms with E-state index in [1.807, 2.05) is 0 Å². The number of anilines is 1. The molecule has 2 aromatic heterocycles. The van der Waals surface area contributed by atoms with E-state index in [2.05, 4.69) is 77.8 Å². The van der Waals surface area contributed by atoms with Crippen molar-refractivity contribution in [2.75, 3.05) is 18.0 Å². The number of aromatic nitrogens is 3. The Labute approximate surface area is 213 Å². The molecule has 1 aliphatic carbocycles. The quantitative estimate of drug-likeness (QED) is 0.505. The zero-order chi connectivity index (χ0) is 25.6. The van der Waals surface area contributed by atoms with Crippen LogP contribution in [0.25, 0.3) is 11.0 Å². The van der Waals surface area contributed by atoms with Crippen molar-refractivity contribution >= 4 is 16.9 Å². The molecule has 1 saturated carbocycles. The van der Waals surface area contributed by atoms with Crippen LogP contribution < -0.4 is 10.6 Å². The summed E-state index contributed by atoms with van der Waals surface area (Å²) in [6.45, 7) is 10.7. The monoisotopic (exact) mass is 484 g/mol. The van der Waals surface area contributed by atoms with Gasteiger partial charge in [-0.25, -0.2) is 9.78 Å². The Bertz CT molecular complexity index is 1370. The third kappa shape index (κ3) is 4.18. The van der Waals surface area contributed by atoms with Crippen molar-refractivity contribution in [3.05, 3.63) is 63.7 Å². The van der Waals surface area contributed by atoms with Crippen LogP contribution in [0.4, 0.5) is 5.82 Å². The number of pyridine rings is 1. The van der Waals surface area contributed by atoms with Gasteiger partial charge in [0.15, 0.2) is 5.82 Å². The Balaban J connectivity index is 1.48. The summed E-state index contributed by atoms with van der Waals surface area (Å²) in [5, 5.41) is 9.45. The smallest absolute Gasteiger partial charge is 0.349 e. The number of rotatable bonds is 6. The van der Waals surface area contributed by atoms with Crippen LogP contribution in [0.3, 0.4) is 0 Å². The van der Waals surface area contributed by atoms with Crippen molar-refractivity contribution in [1.82, 2.24) is 19.4 Å². The topological polar surface area (TPSA) is 78.0 Å². The zero-order valence-corrected chi connectivity index (χ0v) is 22.0. The summed E-state index contributed by atoms with van der Waals surface area (Å²) in [4.78, 5) is 26.7. The Hall–Kier alpha value is -3.24. The summed E-state index contributed by atoms with van der Waals surface area (Å²) in [7, 11) is 1.70. The maximum absolute atomic E-state index is 12.8. The first-order valence-electron chi connectivity index (χ1n) is 13.2. The van der Waals surface area contributed by atoms with Crippen molar-refractivity contribution in [3.63, 3.8) is 0 Å². The Morgan fingerprint density at radius 3 is 2.36 bits per heavy atom. The van der Waals surface area contributed by atoms with Crippen LogP contribution in [-0.4, -0.2) is 44.6 Å². The van der Waals surface area contributed by atoms with E-state index in [1.165, 1.54) is 28.5 Å². The van der Waals surface area contributed by atoms with Crippen LogP contribution in [0.1, 0.15) is 76.2 Å². The van der Waals surface area contributed by atoms with Gasteiger partial charge in [0.2, 0.25) is 0 Å². The highest BCUT2D eigenvalue weighted by molar-refractivity contribution is 5.86. The Kier molecular flexibility index (Phi) is 6.34. The minimum atomic E-state index is -0.299. The molecular weight excluding hydrogens is 448 g/mol. The van der Waals surface area contributed by atoms with Crippen LogP contribution in [0.2, 0.25) is 0 Å². The van der Waals surface area contributed by atoms with E-state index >= 15 is 0 Å².